The van der Waals surface area contributed by atoms with Crippen LogP contribution in [-0.2, 0) is 14.3 Å². The molecule has 6 heteroatoms. The number of ether oxygens (including phenoxy) is 2. The SMILES string of the molecule is CCOC(=O)CCN(CCOC)C(=O)c1cccc(Cl)c1. The Kier molecular flexibility index (Phi) is 7.79. The number of hydrogen-bond acceptors (Lipinski definition) is 4. The number of amides is 1. The lowest BCUT2D eigenvalue weighted by Crippen LogP contribution is -2.35. The summed E-state index contributed by atoms with van der Waals surface area (Å²) in [6, 6.07) is 6.72. The van der Waals surface area contributed by atoms with Crippen molar-refractivity contribution < 1.29 is 19.1 Å². The van der Waals surface area contributed by atoms with E-state index in [4.69, 9.17) is 21.1 Å². The van der Waals surface area contributed by atoms with Gasteiger partial charge in [0.15, 0.2) is 0 Å². The van der Waals surface area contributed by atoms with E-state index in [1.54, 1.807) is 43.2 Å². The van der Waals surface area contributed by atoms with Gasteiger partial charge in [0.1, 0.15) is 0 Å². The molecule has 0 aliphatic heterocycles. The van der Waals surface area contributed by atoms with E-state index in [0.29, 0.717) is 30.3 Å². The third kappa shape index (κ3) is 6.14. The van der Waals surface area contributed by atoms with Crippen molar-refractivity contribution in [1.29, 1.82) is 0 Å². The van der Waals surface area contributed by atoms with Crippen molar-refractivity contribution in [3.8, 4) is 0 Å². The summed E-state index contributed by atoms with van der Waals surface area (Å²) in [5.74, 6) is -0.502. The third-order valence-electron chi connectivity index (χ3n) is 2.82. The predicted octanol–water partition coefficient (Wildman–Crippen LogP) is 2.38. The van der Waals surface area contributed by atoms with Crippen LogP contribution in [0.3, 0.4) is 0 Å². The molecule has 0 radical (unpaired) electrons. The molecule has 0 bridgehead atoms. The first kappa shape index (κ1) is 17.5. The van der Waals surface area contributed by atoms with Gasteiger partial charge in [-0.2, -0.15) is 0 Å². The molecule has 21 heavy (non-hydrogen) atoms. The summed E-state index contributed by atoms with van der Waals surface area (Å²) in [4.78, 5) is 25.4. The van der Waals surface area contributed by atoms with E-state index in [1.165, 1.54) is 0 Å². The second kappa shape index (κ2) is 9.37. The van der Waals surface area contributed by atoms with E-state index in [0.717, 1.165) is 0 Å². The summed E-state index contributed by atoms with van der Waals surface area (Å²) in [7, 11) is 1.56. The van der Waals surface area contributed by atoms with E-state index in [2.05, 4.69) is 0 Å². The molecule has 0 aromatic heterocycles. The number of rotatable bonds is 8. The fourth-order valence-corrected chi connectivity index (χ4v) is 1.97. The normalized spacial score (nSPS) is 10.2. The molecule has 0 atom stereocenters. The lowest BCUT2D eigenvalue weighted by molar-refractivity contribution is -0.143. The fraction of sp³-hybridized carbons (Fsp3) is 0.467. The maximum absolute atomic E-state index is 12.4. The highest BCUT2D eigenvalue weighted by molar-refractivity contribution is 6.30. The number of carbonyl (C=O) groups is 2. The molecule has 0 saturated heterocycles. The van der Waals surface area contributed by atoms with Crippen molar-refractivity contribution in [3.05, 3.63) is 34.9 Å². The van der Waals surface area contributed by atoms with Crippen LogP contribution in [0.15, 0.2) is 24.3 Å². The molecule has 0 aliphatic rings. The number of carbonyl (C=O) groups excluding carboxylic acids is 2. The number of nitrogens with zero attached hydrogens (tertiary/aromatic N) is 1. The van der Waals surface area contributed by atoms with Crippen molar-refractivity contribution in [1.82, 2.24) is 4.90 Å². The Hall–Kier alpha value is -1.59. The van der Waals surface area contributed by atoms with Gasteiger partial charge in [-0.15, -0.1) is 0 Å². The summed E-state index contributed by atoms with van der Waals surface area (Å²) < 4.78 is 9.87. The first-order valence-corrected chi connectivity index (χ1v) is 7.15. The molecule has 1 rings (SSSR count). The maximum atomic E-state index is 12.4. The summed E-state index contributed by atoms with van der Waals surface area (Å²) in [5, 5.41) is 0.498. The van der Waals surface area contributed by atoms with Gasteiger partial charge in [-0.25, -0.2) is 0 Å². The first-order valence-electron chi connectivity index (χ1n) is 6.78. The van der Waals surface area contributed by atoms with Crippen molar-refractivity contribution in [3.63, 3.8) is 0 Å². The zero-order valence-corrected chi connectivity index (χ0v) is 13.1. The molecule has 0 unspecified atom stereocenters. The van der Waals surface area contributed by atoms with Gasteiger partial charge in [-0.1, -0.05) is 17.7 Å². The van der Waals surface area contributed by atoms with Crippen LogP contribution in [0.5, 0.6) is 0 Å². The minimum Gasteiger partial charge on any atom is -0.466 e. The summed E-state index contributed by atoms with van der Waals surface area (Å²) in [5.41, 5.74) is 0.488. The van der Waals surface area contributed by atoms with Gasteiger partial charge in [0.05, 0.1) is 19.6 Å². The van der Waals surface area contributed by atoms with Crippen LogP contribution in [0.1, 0.15) is 23.7 Å². The summed E-state index contributed by atoms with van der Waals surface area (Å²) in [6.45, 7) is 3.17. The molecule has 1 amide bonds. The zero-order valence-electron chi connectivity index (χ0n) is 12.3. The Labute approximate surface area is 129 Å². The quantitative estimate of drug-likeness (QED) is 0.691. The number of benzene rings is 1. The van der Waals surface area contributed by atoms with Gasteiger partial charge in [0.2, 0.25) is 0 Å². The van der Waals surface area contributed by atoms with Crippen molar-refractivity contribution >= 4 is 23.5 Å². The number of halogens is 1. The highest BCUT2D eigenvalue weighted by Gasteiger charge is 2.17. The summed E-state index contributed by atoms with van der Waals surface area (Å²) >= 11 is 5.90. The standard InChI is InChI=1S/C15H20ClNO4/c1-3-21-14(18)7-8-17(9-10-20-2)15(19)12-5-4-6-13(16)11-12/h4-6,11H,3,7-10H2,1-2H3. The summed E-state index contributed by atoms with van der Waals surface area (Å²) in [6.07, 6.45) is 0.157. The number of esters is 1. The van der Waals surface area contributed by atoms with E-state index >= 15 is 0 Å². The van der Waals surface area contributed by atoms with E-state index in [-0.39, 0.29) is 24.8 Å². The van der Waals surface area contributed by atoms with Gasteiger partial charge >= 0.3 is 5.97 Å². The van der Waals surface area contributed by atoms with Gasteiger partial charge < -0.3 is 14.4 Å². The van der Waals surface area contributed by atoms with Crippen molar-refractivity contribution in [2.24, 2.45) is 0 Å². The van der Waals surface area contributed by atoms with Crippen molar-refractivity contribution in [2.75, 3.05) is 33.4 Å². The molecule has 0 N–H and O–H groups in total. The van der Waals surface area contributed by atoms with Gasteiger partial charge in [0, 0.05) is 30.8 Å². The Morgan fingerprint density at radius 1 is 1.29 bits per heavy atom. The lowest BCUT2D eigenvalue weighted by Gasteiger charge is -2.22. The Morgan fingerprint density at radius 2 is 2.05 bits per heavy atom. The highest BCUT2D eigenvalue weighted by atomic mass is 35.5. The Morgan fingerprint density at radius 3 is 2.67 bits per heavy atom. The predicted molar refractivity (Wildman–Crippen MR) is 80.5 cm³/mol. The third-order valence-corrected chi connectivity index (χ3v) is 3.05. The molecule has 1 aromatic rings. The molecule has 116 valence electrons. The molecule has 0 saturated carbocycles. The zero-order chi connectivity index (χ0) is 15.7. The second-order valence-electron chi connectivity index (χ2n) is 4.35. The van der Waals surface area contributed by atoms with E-state index in [9.17, 15) is 9.59 Å². The number of hydrogen-bond donors (Lipinski definition) is 0. The van der Waals surface area contributed by atoms with Gasteiger partial charge in [-0.05, 0) is 25.1 Å². The largest absolute Gasteiger partial charge is 0.466 e. The molecule has 1 aromatic carbocycles. The van der Waals surface area contributed by atoms with Crippen LogP contribution < -0.4 is 0 Å². The average molecular weight is 314 g/mol. The van der Waals surface area contributed by atoms with Crippen LogP contribution >= 0.6 is 11.6 Å². The van der Waals surface area contributed by atoms with Crippen LogP contribution in [-0.4, -0.2) is 50.2 Å². The van der Waals surface area contributed by atoms with Crippen molar-refractivity contribution in [2.45, 2.75) is 13.3 Å². The van der Waals surface area contributed by atoms with Gasteiger partial charge in [0.25, 0.3) is 5.91 Å². The van der Waals surface area contributed by atoms with Gasteiger partial charge in [-0.3, -0.25) is 9.59 Å². The molecule has 0 fully saturated rings. The maximum Gasteiger partial charge on any atom is 0.307 e. The fourth-order valence-electron chi connectivity index (χ4n) is 1.78. The minimum absolute atomic E-state index is 0.157. The number of methoxy groups -OCH3 is 1. The van der Waals surface area contributed by atoms with Crippen LogP contribution in [0.25, 0.3) is 0 Å². The topological polar surface area (TPSA) is 55.8 Å². The second-order valence-corrected chi connectivity index (χ2v) is 4.79. The van der Waals surface area contributed by atoms with Crippen LogP contribution in [0, 0.1) is 0 Å². The Balaban J connectivity index is 2.71. The Bertz CT molecular complexity index is 478. The molecule has 0 aliphatic carbocycles. The monoisotopic (exact) mass is 313 g/mol. The molecular weight excluding hydrogens is 294 g/mol. The van der Waals surface area contributed by atoms with E-state index in [1.807, 2.05) is 0 Å². The molecule has 0 spiro atoms. The lowest BCUT2D eigenvalue weighted by atomic mass is 10.2. The smallest absolute Gasteiger partial charge is 0.307 e. The highest BCUT2D eigenvalue weighted by Crippen LogP contribution is 2.13. The molecule has 0 heterocycles. The average Bonchev–Trinajstić information content (AvgIpc) is 2.47. The molecule has 5 nitrogen and oxygen atoms in total. The van der Waals surface area contributed by atoms with E-state index < -0.39 is 0 Å². The van der Waals surface area contributed by atoms with Crippen LogP contribution in [0.2, 0.25) is 5.02 Å². The minimum atomic E-state index is -0.321. The van der Waals surface area contributed by atoms with Crippen LogP contribution in [0.4, 0.5) is 0 Å². The molecular formula is C15H20ClNO4. The first-order chi connectivity index (χ1) is 10.1.